The first-order valence-corrected chi connectivity index (χ1v) is 6.77. The Morgan fingerprint density at radius 3 is 2.47 bits per heavy atom. The molecule has 2 saturated carbocycles. The van der Waals surface area contributed by atoms with Crippen LogP contribution in [0.3, 0.4) is 0 Å². The largest absolute Gasteiger partial charge is 0.328 e. The molecule has 2 N–H and O–H groups in total. The summed E-state index contributed by atoms with van der Waals surface area (Å²) in [7, 11) is 0. The Morgan fingerprint density at radius 1 is 1.07 bits per heavy atom. The molecule has 1 unspecified atom stereocenters. The second kappa shape index (κ2) is 5.16. The summed E-state index contributed by atoms with van der Waals surface area (Å²) in [5, 5.41) is 0. The predicted molar refractivity (Wildman–Crippen MR) is 65.7 cm³/mol. The minimum atomic E-state index is 0.484. The van der Waals surface area contributed by atoms with Gasteiger partial charge in [0.15, 0.2) is 0 Å². The average Bonchev–Trinajstić information content (AvgIpc) is 2.30. The highest BCUT2D eigenvalue weighted by atomic mass is 14.6. The molecule has 86 valence electrons. The summed E-state index contributed by atoms with van der Waals surface area (Å²) >= 11 is 0. The van der Waals surface area contributed by atoms with E-state index in [1.54, 1.807) is 5.57 Å². The third kappa shape index (κ3) is 2.63. The third-order valence-corrected chi connectivity index (χ3v) is 4.32. The molecule has 2 fully saturated rings. The van der Waals surface area contributed by atoms with Gasteiger partial charge in [0, 0.05) is 6.04 Å². The van der Waals surface area contributed by atoms with Crippen LogP contribution < -0.4 is 5.73 Å². The van der Waals surface area contributed by atoms with Crippen molar-refractivity contribution < 1.29 is 0 Å². The van der Waals surface area contributed by atoms with Crippen LogP contribution >= 0.6 is 0 Å². The van der Waals surface area contributed by atoms with Crippen LogP contribution in [0.2, 0.25) is 0 Å². The molecule has 0 aromatic heterocycles. The van der Waals surface area contributed by atoms with Gasteiger partial charge in [-0.15, -0.1) is 0 Å². The van der Waals surface area contributed by atoms with Gasteiger partial charge >= 0.3 is 0 Å². The van der Waals surface area contributed by atoms with Crippen LogP contribution in [0.4, 0.5) is 0 Å². The maximum atomic E-state index is 5.97. The summed E-state index contributed by atoms with van der Waals surface area (Å²) in [5.74, 6) is 0.920. The van der Waals surface area contributed by atoms with E-state index >= 15 is 0 Å². The van der Waals surface area contributed by atoms with Crippen molar-refractivity contribution in [2.75, 3.05) is 0 Å². The molecule has 0 aromatic carbocycles. The van der Waals surface area contributed by atoms with Crippen LogP contribution in [0, 0.1) is 5.92 Å². The van der Waals surface area contributed by atoms with E-state index in [-0.39, 0.29) is 0 Å². The zero-order valence-electron chi connectivity index (χ0n) is 10.1. The second-order valence-corrected chi connectivity index (χ2v) is 5.32. The molecule has 2 rings (SSSR count). The third-order valence-electron chi connectivity index (χ3n) is 4.32. The van der Waals surface area contributed by atoms with Gasteiger partial charge in [-0.3, -0.25) is 0 Å². The Morgan fingerprint density at radius 2 is 1.80 bits per heavy atom. The van der Waals surface area contributed by atoms with Crippen molar-refractivity contribution in [3.8, 4) is 0 Å². The van der Waals surface area contributed by atoms with Crippen molar-refractivity contribution in [2.45, 2.75) is 70.8 Å². The highest BCUT2D eigenvalue weighted by Crippen LogP contribution is 2.38. The molecule has 2 aliphatic rings. The lowest BCUT2D eigenvalue weighted by atomic mass is 9.76. The van der Waals surface area contributed by atoms with Gasteiger partial charge in [-0.25, -0.2) is 0 Å². The standard InChI is InChI=1S/C14H25N/c1-2-11-5-3-4-6-14(11)12-7-9-13(15)10-8-12/h11,13H,2-10,15H2,1H3. The van der Waals surface area contributed by atoms with Gasteiger partial charge in [0.2, 0.25) is 0 Å². The zero-order chi connectivity index (χ0) is 10.7. The van der Waals surface area contributed by atoms with Crippen LogP contribution in [0.1, 0.15) is 64.7 Å². The number of allylic oxidation sites excluding steroid dienone is 2. The van der Waals surface area contributed by atoms with E-state index in [9.17, 15) is 0 Å². The number of hydrogen-bond donors (Lipinski definition) is 1. The summed E-state index contributed by atoms with van der Waals surface area (Å²) in [4.78, 5) is 0. The maximum absolute atomic E-state index is 5.97. The van der Waals surface area contributed by atoms with Gasteiger partial charge in [-0.05, 0) is 57.3 Å². The summed E-state index contributed by atoms with van der Waals surface area (Å²) in [6, 6.07) is 0.484. The van der Waals surface area contributed by atoms with Crippen LogP contribution in [0.5, 0.6) is 0 Å². The quantitative estimate of drug-likeness (QED) is 0.651. The van der Waals surface area contributed by atoms with E-state index in [4.69, 9.17) is 5.73 Å². The SMILES string of the molecule is CCC1CCCCC1=C1CCC(N)CC1. The predicted octanol–water partition coefficient (Wildman–Crippen LogP) is 3.78. The molecule has 0 heterocycles. The highest BCUT2D eigenvalue weighted by Gasteiger charge is 2.22. The Bertz CT molecular complexity index is 232. The van der Waals surface area contributed by atoms with Crippen molar-refractivity contribution in [2.24, 2.45) is 11.7 Å². The van der Waals surface area contributed by atoms with E-state index < -0.39 is 0 Å². The first kappa shape index (κ1) is 11.2. The van der Waals surface area contributed by atoms with Crippen molar-refractivity contribution >= 4 is 0 Å². The first-order chi connectivity index (χ1) is 7.31. The van der Waals surface area contributed by atoms with Gasteiger partial charge < -0.3 is 5.73 Å². The van der Waals surface area contributed by atoms with E-state index in [1.165, 1.54) is 57.8 Å². The molecular weight excluding hydrogens is 182 g/mol. The minimum Gasteiger partial charge on any atom is -0.328 e. The van der Waals surface area contributed by atoms with Crippen LogP contribution in [-0.2, 0) is 0 Å². The van der Waals surface area contributed by atoms with Crippen molar-refractivity contribution in [3.05, 3.63) is 11.1 Å². The molecule has 0 bridgehead atoms. The maximum Gasteiger partial charge on any atom is 0.00449 e. The molecule has 1 nitrogen and oxygen atoms in total. The lowest BCUT2D eigenvalue weighted by Gasteiger charge is -2.30. The fourth-order valence-electron chi connectivity index (χ4n) is 3.31. The number of rotatable bonds is 1. The van der Waals surface area contributed by atoms with Gasteiger partial charge in [0.25, 0.3) is 0 Å². The van der Waals surface area contributed by atoms with E-state index in [2.05, 4.69) is 6.92 Å². The van der Waals surface area contributed by atoms with E-state index in [0.29, 0.717) is 6.04 Å². The monoisotopic (exact) mass is 207 g/mol. The van der Waals surface area contributed by atoms with Gasteiger partial charge in [0.1, 0.15) is 0 Å². The number of hydrogen-bond acceptors (Lipinski definition) is 1. The van der Waals surface area contributed by atoms with Crippen molar-refractivity contribution in [1.82, 2.24) is 0 Å². The molecule has 0 aliphatic heterocycles. The molecular formula is C14H25N. The topological polar surface area (TPSA) is 26.0 Å². The summed E-state index contributed by atoms with van der Waals surface area (Å²) in [6.45, 7) is 2.35. The molecule has 0 amide bonds. The summed E-state index contributed by atoms with van der Waals surface area (Å²) in [6.07, 6.45) is 12.1. The van der Waals surface area contributed by atoms with Gasteiger partial charge in [-0.1, -0.05) is 24.5 Å². The van der Waals surface area contributed by atoms with E-state index in [1.807, 2.05) is 5.57 Å². The van der Waals surface area contributed by atoms with Crippen LogP contribution in [0.25, 0.3) is 0 Å². The summed E-state index contributed by atoms with van der Waals surface area (Å²) in [5.41, 5.74) is 9.61. The smallest absolute Gasteiger partial charge is 0.00449 e. The molecule has 15 heavy (non-hydrogen) atoms. The Labute approximate surface area is 94.1 Å². The number of nitrogens with two attached hydrogens (primary N) is 1. The normalized spacial score (nSPS) is 33.2. The molecule has 1 atom stereocenters. The fourth-order valence-corrected chi connectivity index (χ4v) is 3.31. The molecule has 2 aliphatic carbocycles. The van der Waals surface area contributed by atoms with Crippen LogP contribution in [-0.4, -0.2) is 6.04 Å². The Hall–Kier alpha value is -0.300. The van der Waals surface area contributed by atoms with E-state index in [0.717, 1.165) is 5.92 Å². The fraction of sp³-hybridized carbons (Fsp3) is 0.857. The van der Waals surface area contributed by atoms with Gasteiger partial charge in [-0.2, -0.15) is 0 Å². The Kier molecular flexibility index (Phi) is 3.85. The molecule has 0 saturated heterocycles. The lowest BCUT2D eigenvalue weighted by molar-refractivity contribution is 0.421. The molecule has 0 spiro atoms. The molecule has 0 aromatic rings. The molecule has 0 radical (unpaired) electrons. The van der Waals surface area contributed by atoms with Gasteiger partial charge in [0.05, 0.1) is 0 Å². The highest BCUT2D eigenvalue weighted by molar-refractivity contribution is 5.20. The van der Waals surface area contributed by atoms with Crippen molar-refractivity contribution in [1.29, 1.82) is 0 Å². The minimum absolute atomic E-state index is 0.484. The molecule has 1 heteroatoms. The zero-order valence-corrected chi connectivity index (χ0v) is 10.1. The average molecular weight is 207 g/mol. The van der Waals surface area contributed by atoms with Crippen LogP contribution in [0.15, 0.2) is 11.1 Å². The lowest BCUT2D eigenvalue weighted by Crippen LogP contribution is -2.25. The second-order valence-electron chi connectivity index (χ2n) is 5.32. The Balaban J connectivity index is 2.07. The first-order valence-electron chi connectivity index (χ1n) is 6.77. The summed E-state index contributed by atoms with van der Waals surface area (Å²) < 4.78 is 0. The van der Waals surface area contributed by atoms with Crippen molar-refractivity contribution in [3.63, 3.8) is 0 Å².